The molecule has 0 amide bonds. The summed E-state index contributed by atoms with van der Waals surface area (Å²) in [5.74, 6) is 0.768. The molecule has 2 rings (SSSR count). The Balaban J connectivity index is 0.000000980. The maximum absolute atomic E-state index is 6.02. The highest BCUT2D eigenvalue weighted by atomic mass is 35.5. The lowest BCUT2D eigenvalue weighted by molar-refractivity contribution is 0.413. The van der Waals surface area contributed by atoms with Crippen LogP contribution in [0.5, 0.6) is 5.75 Å². The van der Waals surface area contributed by atoms with Gasteiger partial charge in [-0.15, -0.1) is 12.4 Å². The highest BCUT2D eigenvalue weighted by Gasteiger charge is 2.11. The molecule has 0 aromatic heterocycles. The van der Waals surface area contributed by atoms with E-state index in [4.69, 9.17) is 16.3 Å². The fraction of sp³-hybridized carbons (Fsp3) is 0.400. The van der Waals surface area contributed by atoms with Crippen LogP contribution < -0.4 is 10.1 Å². The number of ether oxygens (including phenoxy) is 1. The van der Waals surface area contributed by atoms with Crippen molar-refractivity contribution < 1.29 is 4.74 Å². The molecule has 1 aromatic rings. The van der Waals surface area contributed by atoms with Gasteiger partial charge in [0.25, 0.3) is 0 Å². The minimum absolute atomic E-state index is 0. The monoisotopic (exact) mass is 233 g/mol. The molecule has 0 saturated heterocycles. The number of rotatable bonds is 1. The van der Waals surface area contributed by atoms with Gasteiger partial charge in [0.15, 0.2) is 0 Å². The van der Waals surface area contributed by atoms with Gasteiger partial charge in [0.05, 0.1) is 12.1 Å². The lowest BCUT2D eigenvalue weighted by Crippen LogP contribution is -2.23. The van der Waals surface area contributed by atoms with Crippen LogP contribution in [0.25, 0.3) is 0 Å². The zero-order valence-electron chi connectivity index (χ0n) is 7.97. The number of nitrogens with one attached hydrogen (secondary N) is 1. The third-order valence-corrected chi connectivity index (χ3v) is 2.66. The first-order valence-corrected chi connectivity index (χ1v) is 4.75. The summed E-state index contributed by atoms with van der Waals surface area (Å²) in [4.78, 5) is 0. The van der Waals surface area contributed by atoms with Crippen LogP contribution in [-0.4, -0.2) is 13.7 Å². The topological polar surface area (TPSA) is 21.3 Å². The minimum Gasteiger partial charge on any atom is -0.495 e. The standard InChI is InChI=1S/C10H12ClNO.ClH/c1-13-10-5-8-6-12-3-2-7(8)4-9(10)11;/h4-5,12H,2-3,6H2,1H3;1H. The van der Waals surface area contributed by atoms with E-state index >= 15 is 0 Å². The SMILES string of the molecule is COc1cc2c(cc1Cl)CCNC2.Cl. The smallest absolute Gasteiger partial charge is 0.137 e. The van der Waals surface area contributed by atoms with Gasteiger partial charge in [-0.2, -0.15) is 0 Å². The molecule has 1 aromatic carbocycles. The van der Waals surface area contributed by atoms with Gasteiger partial charge in [-0.25, -0.2) is 0 Å². The van der Waals surface area contributed by atoms with Gasteiger partial charge in [-0.1, -0.05) is 11.6 Å². The number of hydrogen-bond donors (Lipinski definition) is 1. The van der Waals surface area contributed by atoms with Crippen molar-refractivity contribution in [3.05, 3.63) is 28.3 Å². The van der Waals surface area contributed by atoms with E-state index < -0.39 is 0 Å². The molecule has 0 atom stereocenters. The Labute approximate surface area is 95.0 Å². The summed E-state index contributed by atoms with van der Waals surface area (Å²) in [5, 5.41) is 4.02. The maximum Gasteiger partial charge on any atom is 0.137 e. The number of halogens is 2. The number of methoxy groups -OCH3 is 1. The second kappa shape index (κ2) is 4.87. The average molecular weight is 234 g/mol. The lowest BCUT2D eigenvalue weighted by atomic mass is 10.0. The summed E-state index contributed by atoms with van der Waals surface area (Å²) in [6.07, 6.45) is 1.05. The Morgan fingerprint density at radius 3 is 2.86 bits per heavy atom. The predicted octanol–water partition coefficient (Wildman–Crippen LogP) is 2.42. The van der Waals surface area contributed by atoms with Gasteiger partial charge in [0.2, 0.25) is 0 Å². The number of hydrogen-bond acceptors (Lipinski definition) is 2. The van der Waals surface area contributed by atoms with Crippen LogP contribution in [0, 0.1) is 0 Å². The zero-order valence-corrected chi connectivity index (χ0v) is 9.54. The Kier molecular flexibility index (Phi) is 4.05. The minimum atomic E-state index is 0. The second-order valence-electron chi connectivity index (χ2n) is 3.18. The van der Waals surface area contributed by atoms with Crippen LogP contribution >= 0.6 is 24.0 Å². The van der Waals surface area contributed by atoms with Gasteiger partial charge >= 0.3 is 0 Å². The third-order valence-electron chi connectivity index (χ3n) is 2.36. The van der Waals surface area contributed by atoms with Crippen LogP contribution in [0.4, 0.5) is 0 Å². The summed E-state index contributed by atoms with van der Waals surface area (Å²) >= 11 is 6.02. The van der Waals surface area contributed by atoms with Crippen molar-refractivity contribution in [2.75, 3.05) is 13.7 Å². The van der Waals surface area contributed by atoms with Gasteiger partial charge in [0.1, 0.15) is 5.75 Å². The molecule has 0 aliphatic carbocycles. The van der Waals surface area contributed by atoms with Crippen molar-refractivity contribution in [1.82, 2.24) is 5.32 Å². The van der Waals surface area contributed by atoms with Gasteiger partial charge in [-0.05, 0) is 36.2 Å². The normalized spacial score (nSPS) is 14.1. The van der Waals surface area contributed by atoms with Crippen molar-refractivity contribution in [2.45, 2.75) is 13.0 Å². The van der Waals surface area contributed by atoms with Crippen molar-refractivity contribution in [3.8, 4) is 5.75 Å². The first-order valence-electron chi connectivity index (χ1n) is 4.37. The molecule has 1 aliphatic rings. The molecule has 14 heavy (non-hydrogen) atoms. The fourth-order valence-corrected chi connectivity index (χ4v) is 1.90. The van der Waals surface area contributed by atoms with Crippen LogP contribution in [0.2, 0.25) is 5.02 Å². The van der Waals surface area contributed by atoms with Crippen LogP contribution in [0.3, 0.4) is 0 Å². The summed E-state index contributed by atoms with van der Waals surface area (Å²) in [6, 6.07) is 4.03. The number of benzene rings is 1. The van der Waals surface area contributed by atoms with E-state index in [1.165, 1.54) is 11.1 Å². The van der Waals surface area contributed by atoms with Crippen molar-refractivity contribution in [2.24, 2.45) is 0 Å². The molecule has 1 heterocycles. The van der Waals surface area contributed by atoms with E-state index in [1.807, 2.05) is 12.1 Å². The van der Waals surface area contributed by atoms with Crippen LogP contribution in [0.1, 0.15) is 11.1 Å². The molecule has 78 valence electrons. The molecule has 0 fully saturated rings. The molecular weight excluding hydrogens is 221 g/mol. The first-order chi connectivity index (χ1) is 6.31. The zero-order chi connectivity index (χ0) is 9.26. The summed E-state index contributed by atoms with van der Waals surface area (Å²) in [7, 11) is 1.64. The van der Waals surface area contributed by atoms with E-state index in [2.05, 4.69) is 5.32 Å². The Bertz CT molecular complexity index is 328. The van der Waals surface area contributed by atoms with E-state index in [-0.39, 0.29) is 12.4 Å². The molecular formula is C10H13Cl2NO. The largest absolute Gasteiger partial charge is 0.495 e. The summed E-state index contributed by atoms with van der Waals surface area (Å²) in [6.45, 7) is 1.96. The van der Waals surface area contributed by atoms with Crippen molar-refractivity contribution in [1.29, 1.82) is 0 Å². The highest BCUT2D eigenvalue weighted by molar-refractivity contribution is 6.32. The molecule has 0 saturated carbocycles. The molecule has 0 bridgehead atoms. The molecule has 1 aliphatic heterocycles. The summed E-state index contributed by atoms with van der Waals surface area (Å²) in [5.41, 5.74) is 2.64. The predicted molar refractivity (Wildman–Crippen MR) is 60.7 cm³/mol. The first kappa shape index (κ1) is 11.6. The molecule has 1 N–H and O–H groups in total. The second-order valence-corrected chi connectivity index (χ2v) is 3.59. The lowest BCUT2D eigenvalue weighted by Gasteiger charge is -2.18. The number of fused-ring (bicyclic) bond motifs is 1. The van der Waals surface area contributed by atoms with Crippen molar-refractivity contribution in [3.63, 3.8) is 0 Å². The van der Waals surface area contributed by atoms with E-state index in [9.17, 15) is 0 Å². The Morgan fingerprint density at radius 2 is 2.14 bits per heavy atom. The van der Waals surface area contributed by atoms with Crippen LogP contribution in [0.15, 0.2) is 12.1 Å². The molecule has 2 nitrogen and oxygen atoms in total. The molecule has 0 unspecified atom stereocenters. The molecule has 0 spiro atoms. The van der Waals surface area contributed by atoms with E-state index in [0.29, 0.717) is 5.02 Å². The fourth-order valence-electron chi connectivity index (χ4n) is 1.64. The Morgan fingerprint density at radius 1 is 1.36 bits per heavy atom. The average Bonchev–Trinajstić information content (AvgIpc) is 2.17. The van der Waals surface area contributed by atoms with Gasteiger partial charge in [0, 0.05) is 6.54 Å². The van der Waals surface area contributed by atoms with Crippen molar-refractivity contribution >= 4 is 24.0 Å². The maximum atomic E-state index is 6.02. The third kappa shape index (κ3) is 2.14. The van der Waals surface area contributed by atoms with E-state index in [0.717, 1.165) is 25.3 Å². The van der Waals surface area contributed by atoms with Gasteiger partial charge < -0.3 is 10.1 Å². The quantitative estimate of drug-likeness (QED) is 0.805. The van der Waals surface area contributed by atoms with E-state index in [1.54, 1.807) is 7.11 Å². The van der Waals surface area contributed by atoms with Gasteiger partial charge in [-0.3, -0.25) is 0 Å². The van der Waals surface area contributed by atoms with Crippen LogP contribution in [-0.2, 0) is 13.0 Å². The highest BCUT2D eigenvalue weighted by Crippen LogP contribution is 2.29. The molecule has 4 heteroatoms. The summed E-state index contributed by atoms with van der Waals surface area (Å²) < 4.78 is 5.15. The Hall–Kier alpha value is -0.440. The molecule has 0 radical (unpaired) electrons.